The Bertz CT molecular complexity index is 578. The summed E-state index contributed by atoms with van der Waals surface area (Å²) in [7, 11) is 0. The minimum absolute atomic E-state index is 0.128. The second kappa shape index (κ2) is 4.84. The Morgan fingerprint density at radius 1 is 1.56 bits per heavy atom. The van der Waals surface area contributed by atoms with Gasteiger partial charge < -0.3 is 14.9 Å². The zero-order chi connectivity index (χ0) is 13.3. The predicted octanol–water partition coefficient (Wildman–Crippen LogP) is -1.36. The largest absolute Gasteiger partial charge is 0.394 e. The molecular weight excluding hydrogens is 247 g/mol. The second-order valence-electron chi connectivity index (χ2n) is 3.78. The number of rotatable bonds is 2. The van der Waals surface area contributed by atoms with Gasteiger partial charge in [0.05, 0.1) is 12.9 Å². The molecule has 0 saturated carbocycles. The number of nitrogens with zero attached hydrogens (tertiary/aromatic N) is 1. The molecule has 18 heavy (non-hydrogen) atoms. The van der Waals surface area contributed by atoms with Gasteiger partial charge in [-0.2, -0.15) is 0 Å². The SMILES string of the molecule is O=c1ccn([C@@H]2O[C@H](CO)[C@H](O)C2=CF)c(=O)[nH]1. The molecule has 1 aromatic heterocycles. The molecule has 0 spiro atoms. The van der Waals surface area contributed by atoms with Gasteiger partial charge in [-0.05, 0) is 0 Å². The van der Waals surface area contributed by atoms with Crippen LogP contribution in [-0.4, -0.2) is 38.6 Å². The van der Waals surface area contributed by atoms with Crippen LogP contribution in [0.25, 0.3) is 0 Å². The lowest BCUT2D eigenvalue weighted by Gasteiger charge is -2.14. The fraction of sp³-hybridized carbons (Fsp3) is 0.400. The molecule has 7 nitrogen and oxygen atoms in total. The van der Waals surface area contributed by atoms with E-state index in [1.54, 1.807) is 0 Å². The number of aliphatic hydroxyl groups is 2. The van der Waals surface area contributed by atoms with Crippen LogP contribution in [0.4, 0.5) is 4.39 Å². The average Bonchev–Trinajstić information content (AvgIpc) is 2.65. The van der Waals surface area contributed by atoms with Gasteiger partial charge in [-0.15, -0.1) is 0 Å². The first kappa shape index (κ1) is 12.7. The van der Waals surface area contributed by atoms with Crippen LogP contribution in [0.1, 0.15) is 6.23 Å². The molecule has 1 fully saturated rings. The van der Waals surface area contributed by atoms with E-state index in [0.29, 0.717) is 0 Å². The number of halogens is 1. The Labute approximate surface area is 99.8 Å². The number of H-pyrrole nitrogens is 1. The highest BCUT2D eigenvalue weighted by molar-refractivity contribution is 5.16. The Balaban J connectivity index is 2.45. The van der Waals surface area contributed by atoms with Crippen LogP contribution in [0.3, 0.4) is 0 Å². The van der Waals surface area contributed by atoms with Crippen molar-refractivity contribution in [1.29, 1.82) is 0 Å². The Morgan fingerprint density at radius 3 is 2.83 bits per heavy atom. The summed E-state index contributed by atoms with van der Waals surface area (Å²) in [6.07, 6.45) is -2.30. The summed E-state index contributed by atoms with van der Waals surface area (Å²) in [6, 6.07) is 1.07. The average molecular weight is 258 g/mol. The third-order valence-electron chi connectivity index (χ3n) is 2.69. The summed E-state index contributed by atoms with van der Waals surface area (Å²) in [6.45, 7) is -0.521. The third-order valence-corrected chi connectivity index (χ3v) is 2.69. The van der Waals surface area contributed by atoms with E-state index >= 15 is 0 Å². The quantitative estimate of drug-likeness (QED) is 0.607. The van der Waals surface area contributed by atoms with Crippen molar-refractivity contribution >= 4 is 0 Å². The molecule has 0 amide bonds. The van der Waals surface area contributed by atoms with E-state index in [0.717, 1.165) is 16.8 Å². The first-order valence-corrected chi connectivity index (χ1v) is 5.14. The molecule has 2 heterocycles. The van der Waals surface area contributed by atoms with Gasteiger partial charge in [-0.3, -0.25) is 14.3 Å². The standard InChI is InChI=1S/C10H11FN2O5/c11-3-5-8(16)6(4-14)18-9(5)13-2-1-7(15)12-10(13)17/h1-3,6,8-9,14,16H,4H2,(H,12,15,17)/t6-,8-,9-/m1/s1. The molecule has 0 unspecified atom stereocenters. The van der Waals surface area contributed by atoms with Crippen molar-refractivity contribution in [3.05, 3.63) is 45.0 Å². The lowest BCUT2D eigenvalue weighted by molar-refractivity contribution is -0.0448. The van der Waals surface area contributed by atoms with Gasteiger partial charge in [-0.1, -0.05) is 0 Å². The molecule has 98 valence electrons. The Morgan fingerprint density at radius 2 is 2.28 bits per heavy atom. The zero-order valence-corrected chi connectivity index (χ0v) is 9.12. The predicted molar refractivity (Wildman–Crippen MR) is 57.5 cm³/mol. The van der Waals surface area contributed by atoms with Crippen molar-refractivity contribution in [2.75, 3.05) is 6.61 Å². The Kier molecular flexibility index (Phi) is 3.41. The van der Waals surface area contributed by atoms with E-state index in [1.165, 1.54) is 0 Å². The van der Waals surface area contributed by atoms with E-state index in [4.69, 9.17) is 9.84 Å². The molecule has 3 N–H and O–H groups in total. The number of nitrogens with one attached hydrogen (secondary N) is 1. The van der Waals surface area contributed by atoms with E-state index in [-0.39, 0.29) is 11.9 Å². The van der Waals surface area contributed by atoms with E-state index in [9.17, 15) is 19.1 Å². The van der Waals surface area contributed by atoms with Gasteiger partial charge in [0.15, 0.2) is 6.23 Å². The number of hydrogen-bond acceptors (Lipinski definition) is 5. The smallest absolute Gasteiger partial charge is 0.330 e. The van der Waals surface area contributed by atoms with E-state index in [1.807, 2.05) is 4.98 Å². The summed E-state index contributed by atoms with van der Waals surface area (Å²) < 4.78 is 18.8. The van der Waals surface area contributed by atoms with Crippen LogP contribution >= 0.6 is 0 Å². The first-order chi connectivity index (χ1) is 8.58. The molecule has 8 heteroatoms. The van der Waals surface area contributed by atoms with Crippen molar-refractivity contribution < 1.29 is 19.3 Å². The molecule has 0 aliphatic carbocycles. The molecule has 1 aliphatic heterocycles. The molecule has 0 aromatic carbocycles. The second-order valence-corrected chi connectivity index (χ2v) is 3.78. The maximum Gasteiger partial charge on any atom is 0.330 e. The van der Waals surface area contributed by atoms with Gasteiger partial charge in [-0.25, -0.2) is 9.18 Å². The van der Waals surface area contributed by atoms with E-state index in [2.05, 4.69) is 0 Å². The zero-order valence-electron chi connectivity index (χ0n) is 9.12. The van der Waals surface area contributed by atoms with Gasteiger partial charge in [0, 0.05) is 17.8 Å². The summed E-state index contributed by atoms with van der Waals surface area (Å²) in [4.78, 5) is 24.4. The minimum Gasteiger partial charge on any atom is -0.394 e. The van der Waals surface area contributed by atoms with Crippen molar-refractivity contribution in [3.63, 3.8) is 0 Å². The maximum atomic E-state index is 12.7. The molecule has 1 aromatic rings. The van der Waals surface area contributed by atoms with Gasteiger partial charge in [0.1, 0.15) is 12.2 Å². The Hall–Kier alpha value is -1.77. The van der Waals surface area contributed by atoms with Crippen LogP contribution in [0.2, 0.25) is 0 Å². The number of aromatic nitrogens is 2. The lowest BCUT2D eigenvalue weighted by Crippen LogP contribution is -2.32. The number of aromatic amines is 1. The van der Waals surface area contributed by atoms with Gasteiger partial charge >= 0.3 is 5.69 Å². The van der Waals surface area contributed by atoms with Crippen LogP contribution in [-0.2, 0) is 4.74 Å². The van der Waals surface area contributed by atoms with Gasteiger partial charge in [0.25, 0.3) is 5.56 Å². The van der Waals surface area contributed by atoms with E-state index < -0.39 is 36.3 Å². The summed E-state index contributed by atoms with van der Waals surface area (Å²) >= 11 is 0. The normalized spacial score (nSPS) is 29.9. The highest BCUT2D eigenvalue weighted by atomic mass is 19.1. The third kappa shape index (κ3) is 2.01. The number of hydrogen-bond donors (Lipinski definition) is 3. The lowest BCUT2D eigenvalue weighted by atomic mass is 10.1. The number of ether oxygens (including phenoxy) is 1. The highest BCUT2D eigenvalue weighted by Gasteiger charge is 2.40. The molecule has 1 saturated heterocycles. The molecular formula is C10H11FN2O5. The van der Waals surface area contributed by atoms with Gasteiger partial charge in [0.2, 0.25) is 0 Å². The number of aliphatic hydroxyl groups excluding tert-OH is 2. The molecule has 1 aliphatic rings. The van der Waals surface area contributed by atoms with Crippen LogP contribution in [0, 0.1) is 0 Å². The topological polar surface area (TPSA) is 105 Å². The van der Waals surface area contributed by atoms with Crippen LogP contribution in [0.5, 0.6) is 0 Å². The highest BCUT2D eigenvalue weighted by Crippen LogP contribution is 2.33. The van der Waals surface area contributed by atoms with Crippen molar-refractivity contribution in [1.82, 2.24) is 9.55 Å². The van der Waals surface area contributed by atoms with Crippen LogP contribution in [0.15, 0.2) is 33.8 Å². The fourth-order valence-electron chi connectivity index (χ4n) is 1.78. The first-order valence-electron chi connectivity index (χ1n) is 5.14. The maximum absolute atomic E-state index is 12.7. The summed E-state index contributed by atoms with van der Waals surface area (Å²) in [5.74, 6) is 0. The molecule has 2 rings (SSSR count). The summed E-state index contributed by atoms with van der Waals surface area (Å²) in [5.41, 5.74) is -1.58. The molecule has 3 atom stereocenters. The van der Waals surface area contributed by atoms with Crippen molar-refractivity contribution in [2.24, 2.45) is 0 Å². The summed E-state index contributed by atoms with van der Waals surface area (Å²) in [5, 5.41) is 18.6. The monoisotopic (exact) mass is 258 g/mol. The van der Waals surface area contributed by atoms with Crippen molar-refractivity contribution in [3.8, 4) is 0 Å². The minimum atomic E-state index is -1.34. The van der Waals surface area contributed by atoms with Crippen molar-refractivity contribution in [2.45, 2.75) is 18.4 Å². The molecule has 0 radical (unpaired) electrons. The van der Waals surface area contributed by atoms with Crippen LogP contribution < -0.4 is 11.2 Å². The fourth-order valence-corrected chi connectivity index (χ4v) is 1.78. The molecule has 0 bridgehead atoms.